The molecule has 0 aliphatic heterocycles. The predicted molar refractivity (Wildman–Crippen MR) is 111 cm³/mol. The number of nitrogens with zero attached hydrogens (tertiary/aromatic N) is 1. The van der Waals surface area contributed by atoms with Crippen LogP contribution in [0.1, 0.15) is 34.4 Å². The van der Waals surface area contributed by atoms with Gasteiger partial charge in [-0.2, -0.15) is 0 Å². The number of carbonyl (C=O) groups excluding carboxylic acids is 1. The molecular formula is C22H22N2O6. The number of aryl methyl sites for hydroxylation is 2. The van der Waals surface area contributed by atoms with Crippen molar-refractivity contribution in [3.8, 4) is 11.5 Å². The Bertz CT molecular complexity index is 1070. The number of furan rings is 1. The van der Waals surface area contributed by atoms with Gasteiger partial charge in [-0.25, -0.2) is 0 Å². The zero-order chi connectivity index (χ0) is 21.7. The van der Waals surface area contributed by atoms with E-state index in [9.17, 15) is 14.9 Å². The fraction of sp³-hybridized carbons (Fsp3) is 0.227. The number of carbonyl (C=O) groups is 1. The fourth-order valence-electron chi connectivity index (χ4n) is 2.74. The lowest BCUT2D eigenvalue weighted by Gasteiger charge is -2.08. The first-order valence-electron chi connectivity index (χ1n) is 9.38. The molecule has 0 bridgehead atoms. The Balaban J connectivity index is 1.67. The van der Waals surface area contributed by atoms with Gasteiger partial charge in [0.2, 0.25) is 0 Å². The average molecular weight is 410 g/mol. The third-order valence-corrected chi connectivity index (χ3v) is 4.47. The monoisotopic (exact) mass is 410 g/mol. The summed E-state index contributed by atoms with van der Waals surface area (Å²) in [5.41, 5.74) is 2.07. The summed E-state index contributed by atoms with van der Waals surface area (Å²) in [4.78, 5) is 23.2. The summed E-state index contributed by atoms with van der Waals surface area (Å²) in [5, 5.41) is 13.8. The number of amides is 1. The van der Waals surface area contributed by atoms with Crippen LogP contribution in [0.5, 0.6) is 11.5 Å². The smallest absolute Gasteiger partial charge is 0.296 e. The largest absolute Gasteiger partial charge is 0.494 e. The lowest BCUT2D eigenvalue weighted by molar-refractivity contribution is -0.384. The number of rotatable bonds is 8. The number of nitrogens with one attached hydrogen (secondary N) is 1. The minimum absolute atomic E-state index is 0.0249. The Morgan fingerprint density at radius 1 is 1.03 bits per heavy atom. The molecule has 1 heterocycles. The summed E-state index contributed by atoms with van der Waals surface area (Å²) >= 11 is 0. The van der Waals surface area contributed by atoms with Crippen LogP contribution in [-0.4, -0.2) is 17.4 Å². The summed E-state index contributed by atoms with van der Waals surface area (Å²) in [7, 11) is 0. The van der Waals surface area contributed by atoms with Crippen molar-refractivity contribution in [1.82, 2.24) is 0 Å². The standard InChI is InChI=1S/C22H22N2O6/c1-4-28-17-7-9-19(20(12-17)24(26)27)23-22(25)21-10-8-18(30-21)13-29-16-6-5-14(2)15(3)11-16/h5-12H,4,13H2,1-3H3,(H,23,25). The van der Waals surface area contributed by atoms with Crippen LogP contribution >= 0.6 is 0 Å². The highest BCUT2D eigenvalue weighted by molar-refractivity contribution is 6.03. The highest BCUT2D eigenvalue weighted by Gasteiger charge is 2.20. The molecule has 2 aromatic carbocycles. The van der Waals surface area contributed by atoms with E-state index in [4.69, 9.17) is 13.9 Å². The van der Waals surface area contributed by atoms with Gasteiger partial charge in [0.05, 0.1) is 17.6 Å². The summed E-state index contributed by atoms with van der Waals surface area (Å²) < 4.78 is 16.5. The van der Waals surface area contributed by atoms with E-state index in [0.717, 1.165) is 5.56 Å². The van der Waals surface area contributed by atoms with Gasteiger partial charge in [0.15, 0.2) is 5.76 Å². The normalized spacial score (nSPS) is 10.5. The Labute approximate surface area is 173 Å². The van der Waals surface area contributed by atoms with E-state index >= 15 is 0 Å². The Hall–Kier alpha value is -3.81. The van der Waals surface area contributed by atoms with Gasteiger partial charge in [-0.15, -0.1) is 0 Å². The summed E-state index contributed by atoms with van der Waals surface area (Å²) in [6, 6.07) is 13.1. The van der Waals surface area contributed by atoms with Crippen LogP contribution in [0.15, 0.2) is 52.9 Å². The van der Waals surface area contributed by atoms with Crippen molar-refractivity contribution in [2.45, 2.75) is 27.4 Å². The molecule has 0 aliphatic rings. The maximum atomic E-state index is 12.5. The zero-order valence-corrected chi connectivity index (χ0v) is 16.9. The molecule has 0 saturated carbocycles. The molecule has 0 saturated heterocycles. The Kier molecular flexibility index (Phi) is 6.36. The molecule has 0 radical (unpaired) electrons. The lowest BCUT2D eigenvalue weighted by atomic mass is 10.1. The van der Waals surface area contributed by atoms with Crippen LogP contribution in [0, 0.1) is 24.0 Å². The third kappa shape index (κ3) is 4.96. The Morgan fingerprint density at radius 3 is 2.47 bits per heavy atom. The van der Waals surface area contributed by atoms with Gasteiger partial charge in [-0.3, -0.25) is 14.9 Å². The van der Waals surface area contributed by atoms with Gasteiger partial charge in [0.1, 0.15) is 29.6 Å². The molecule has 3 rings (SSSR count). The number of anilines is 1. The number of nitro benzene ring substituents is 1. The maximum absolute atomic E-state index is 12.5. The topological polar surface area (TPSA) is 104 Å². The van der Waals surface area contributed by atoms with Gasteiger partial charge in [-0.05, 0) is 68.3 Å². The van der Waals surface area contributed by atoms with E-state index in [0.29, 0.717) is 23.9 Å². The molecule has 30 heavy (non-hydrogen) atoms. The third-order valence-electron chi connectivity index (χ3n) is 4.47. The number of benzene rings is 2. The molecule has 0 unspecified atom stereocenters. The van der Waals surface area contributed by atoms with Gasteiger partial charge >= 0.3 is 0 Å². The second-order valence-corrected chi connectivity index (χ2v) is 6.62. The average Bonchev–Trinajstić information content (AvgIpc) is 3.19. The molecule has 3 aromatic rings. The second-order valence-electron chi connectivity index (χ2n) is 6.62. The minimum Gasteiger partial charge on any atom is -0.494 e. The number of nitro groups is 1. The van der Waals surface area contributed by atoms with Crippen LogP contribution in [0.2, 0.25) is 0 Å². The number of ether oxygens (including phenoxy) is 2. The molecule has 0 aliphatic carbocycles. The van der Waals surface area contributed by atoms with Crippen molar-refractivity contribution in [3.05, 3.63) is 81.3 Å². The highest BCUT2D eigenvalue weighted by Crippen LogP contribution is 2.29. The van der Waals surface area contributed by atoms with Crippen molar-refractivity contribution < 1.29 is 23.6 Å². The quantitative estimate of drug-likeness (QED) is 0.412. The molecule has 0 spiro atoms. The van der Waals surface area contributed by atoms with Crippen LogP contribution < -0.4 is 14.8 Å². The first-order valence-corrected chi connectivity index (χ1v) is 9.38. The van der Waals surface area contributed by atoms with E-state index in [2.05, 4.69) is 5.32 Å². The van der Waals surface area contributed by atoms with Gasteiger partial charge in [-0.1, -0.05) is 6.07 Å². The molecule has 8 nitrogen and oxygen atoms in total. The predicted octanol–water partition coefficient (Wildman–Crippen LogP) is 5.03. The minimum atomic E-state index is -0.598. The molecule has 1 N–H and O–H groups in total. The van der Waals surface area contributed by atoms with E-state index < -0.39 is 10.8 Å². The zero-order valence-electron chi connectivity index (χ0n) is 16.9. The van der Waals surface area contributed by atoms with E-state index in [1.54, 1.807) is 19.1 Å². The van der Waals surface area contributed by atoms with Crippen molar-refractivity contribution >= 4 is 17.3 Å². The first-order chi connectivity index (χ1) is 14.4. The fourth-order valence-corrected chi connectivity index (χ4v) is 2.74. The number of hydrogen-bond donors (Lipinski definition) is 1. The maximum Gasteiger partial charge on any atom is 0.296 e. The lowest BCUT2D eigenvalue weighted by Crippen LogP contribution is -2.12. The summed E-state index contributed by atoms with van der Waals surface area (Å²) in [6.45, 7) is 6.32. The molecule has 1 amide bonds. The molecule has 156 valence electrons. The van der Waals surface area contributed by atoms with E-state index in [1.807, 2.05) is 32.0 Å². The Morgan fingerprint density at radius 2 is 1.77 bits per heavy atom. The van der Waals surface area contributed by atoms with E-state index in [-0.39, 0.29) is 23.7 Å². The van der Waals surface area contributed by atoms with Crippen LogP contribution in [0.3, 0.4) is 0 Å². The van der Waals surface area contributed by atoms with Crippen molar-refractivity contribution in [2.75, 3.05) is 11.9 Å². The number of hydrogen-bond acceptors (Lipinski definition) is 6. The van der Waals surface area contributed by atoms with Crippen LogP contribution in [0.25, 0.3) is 0 Å². The summed E-state index contributed by atoms with van der Waals surface area (Å²) in [5.74, 6) is 0.938. The summed E-state index contributed by atoms with van der Waals surface area (Å²) in [6.07, 6.45) is 0. The SMILES string of the molecule is CCOc1ccc(NC(=O)c2ccc(COc3ccc(C)c(C)c3)o2)c([N+](=O)[O-])c1. The van der Waals surface area contributed by atoms with Gasteiger partial charge in [0.25, 0.3) is 11.6 Å². The highest BCUT2D eigenvalue weighted by atomic mass is 16.6. The van der Waals surface area contributed by atoms with Crippen molar-refractivity contribution in [1.29, 1.82) is 0 Å². The molecule has 8 heteroatoms. The molecule has 1 aromatic heterocycles. The second kappa shape index (κ2) is 9.13. The van der Waals surface area contributed by atoms with Crippen molar-refractivity contribution in [2.24, 2.45) is 0 Å². The molecular weight excluding hydrogens is 388 g/mol. The van der Waals surface area contributed by atoms with Gasteiger partial charge < -0.3 is 19.2 Å². The van der Waals surface area contributed by atoms with Crippen molar-refractivity contribution in [3.63, 3.8) is 0 Å². The van der Waals surface area contributed by atoms with Crippen LogP contribution in [-0.2, 0) is 6.61 Å². The van der Waals surface area contributed by atoms with Crippen LogP contribution in [0.4, 0.5) is 11.4 Å². The molecule has 0 fully saturated rings. The first kappa shape index (κ1) is 20.9. The molecule has 0 atom stereocenters. The van der Waals surface area contributed by atoms with E-state index in [1.165, 1.54) is 23.8 Å². The van der Waals surface area contributed by atoms with Gasteiger partial charge in [0, 0.05) is 0 Å².